The minimum absolute atomic E-state index is 0. The number of amides is 1. The molecule has 8 nitrogen and oxygen atoms in total. The molecular formula is C36H37ClF4N6O2S. The Hall–Kier alpha value is -4.46. The maximum absolute atomic E-state index is 14.0. The molecular weight excluding hydrogens is 692 g/mol. The van der Waals surface area contributed by atoms with Crippen molar-refractivity contribution in [2.75, 3.05) is 27.2 Å². The molecule has 0 saturated carbocycles. The van der Waals surface area contributed by atoms with Gasteiger partial charge in [-0.2, -0.15) is 23.3 Å². The molecule has 0 aliphatic carbocycles. The molecule has 50 heavy (non-hydrogen) atoms. The molecule has 1 amide bonds. The number of nitrogens with one attached hydrogen (secondary N) is 1. The fourth-order valence-corrected chi connectivity index (χ4v) is 6.08. The molecule has 2 heterocycles. The highest BCUT2D eigenvalue weighted by atomic mass is 35.5. The molecule has 0 aliphatic rings. The predicted molar refractivity (Wildman–Crippen MR) is 189 cm³/mol. The number of aromatic amines is 1. The van der Waals surface area contributed by atoms with E-state index in [1.165, 1.54) is 36.0 Å². The van der Waals surface area contributed by atoms with E-state index >= 15 is 0 Å². The first kappa shape index (κ1) is 38.3. The highest BCUT2D eigenvalue weighted by molar-refractivity contribution is 7.98. The highest BCUT2D eigenvalue weighted by Crippen LogP contribution is 2.31. The largest absolute Gasteiger partial charge is 0.416 e. The van der Waals surface area contributed by atoms with Crippen LogP contribution < -0.4 is 5.56 Å². The van der Waals surface area contributed by atoms with E-state index in [1.807, 2.05) is 50.2 Å². The van der Waals surface area contributed by atoms with Gasteiger partial charge in [-0.25, -0.2) is 4.39 Å². The Morgan fingerprint density at radius 3 is 2.14 bits per heavy atom. The highest BCUT2D eigenvalue weighted by Gasteiger charge is 2.30. The number of hydrogen-bond donors (Lipinski definition) is 1. The Kier molecular flexibility index (Phi) is 13.0. The summed E-state index contributed by atoms with van der Waals surface area (Å²) in [6, 6.07) is 18.4. The van der Waals surface area contributed by atoms with Crippen LogP contribution >= 0.6 is 24.2 Å². The Morgan fingerprint density at radius 1 is 0.940 bits per heavy atom. The van der Waals surface area contributed by atoms with Crippen molar-refractivity contribution in [1.82, 2.24) is 29.5 Å². The Morgan fingerprint density at radius 2 is 1.56 bits per heavy atom. The minimum Gasteiger partial charge on any atom is -0.336 e. The molecule has 1 unspecified atom stereocenters. The van der Waals surface area contributed by atoms with Crippen LogP contribution in [0.3, 0.4) is 0 Å². The Bertz CT molecular complexity index is 1900. The van der Waals surface area contributed by atoms with Crippen molar-refractivity contribution in [3.8, 4) is 11.1 Å². The normalized spacial score (nSPS) is 12.1. The van der Waals surface area contributed by atoms with Gasteiger partial charge in [0.15, 0.2) is 5.16 Å². The molecule has 0 bridgehead atoms. The number of benzene rings is 3. The number of hydrogen-bond acceptors (Lipinski definition) is 6. The van der Waals surface area contributed by atoms with Crippen LogP contribution in [0, 0.1) is 5.82 Å². The van der Waals surface area contributed by atoms with E-state index < -0.39 is 17.3 Å². The third-order valence-corrected chi connectivity index (χ3v) is 9.16. The third-order valence-electron chi connectivity index (χ3n) is 8.10. The first-order chi connectivity index (χ1) is 23.4. The van der Waals surface area contributed by atoms with Gasteiger partial charge >= 0.3 is 6.18 Å². The van der Waals surface area contributed by atoms with Crippen molar-refractivity contribution in [2.45, 2.75) is 43.0 Å². The number of rotatable bonds is 13. The van der Waals surface area contributed by atoms with E-state index in [-0.39, 0.29) is 36.6 Å². The zero-order chi connectivity index (χ0) is 35.1. The number of halogens is 5. The van der Waals surface area contributed by atoms with Crippen LogP contribution in [0.1, 0.15) is 40.7 Å². The number of nitrogens with zero attached hydrogens (tertiary/aromatic N) is 5. The molecule has 5 aromatic rings. The molecule has 1 atom stereocenters. The quantitative estimate of drug-likeness (QED) is 0.0782. The number of H-pyrrole nitrogens is 1. The van der Waals surface area contributed by atoms with E-state index in [0.717, 1.165) is 34.4 Å². The van der Waals surface area contributed by atoms with Gasteiger partial charge in [0.1, 0.15) is 12.4 Å². The molecule has 2 aromatic heterocycles. The fourth-order valence-electron chi connectivity index (χ4n) is 5.16. The number of aromatic nitrogens is 4. The van der Waals surface area contributed by atoms with Gasteiger partial charge in [-0.1, -0.05) is 67.2 Å². The van der Waals surface area contributed by atoms with Crippen molar-refractivity contribution in [3.05, 3.63) is 135 Å². The summed E-state index contributed by atoms with van der Waals surface area (Å²) >= 11 is 1.29. The summed E-state index contributed by atoms with van der Waals surface area (Å²) in [6.07, 6.45) is 0.629. The topological polar surface area (TPSA) is 87.1 Å². The smallest absolute Gasteiger partial charge is 0.336 e. The molecule has 0 aliphatic heterocycles. The van der Waals surface area contributed by atoms with Crippen molar-refractivity contribution in [3.63, 3.8) is 0 Å². The zero-order valence-electron chi connectivity index (χ0n) is 27.7. The summed E-state index contributed by atoms with van der Waals surface area (Å²) in [4.78, 5) is 35.4. The SMILES string of the molecule is CC(c1cn[nH]c1)c1cn(CC(=O)N(CCN(C)C)Cc2ccc(-c3ccc(C(F)(F)F)cc3)cc2)c(SCc2ccc(F)cc2)nc1=O.Cl. The van der Waals surface area contributed by atoms with E-state index in [2.05, 4.69) is 15.2 Å². The second kappa shape index (κ2) is 17.0. The third kappa shape index (κ3) is 10.1. The molecule has 0 radical (unpaired) electrons. The van der Waals surface area contributed by atoms with Crippen LogP contribution in [0.5, 0.6) is 0 Å². The van der Waals surface area contributed by atoms with Gasteiger partial charge in [-0.3, -0.25) is 14.7 Å². The lowest BCUT2D eigenvalue weighted by molar-refractivity contribution is -0.137. The Labute approximate surface area is 298 Å². The van der Waals surface area contributed by atoms with E-state index in [9.17, 15) is 27.2 Å². The molecule has 5 rings (SSSR count). The lowest BCUT2D eigenvalue weighted by atomic mass is 9.98. The lowest BCUT2D eigenvalue weighted by Crippen LogP contribution is -2.38. The fraction of sp³-hybridized carbons (Fsp3) is 0.278. The van der Waals surface area contributed by atoms with Crippen LogP contribution in [0.15, 0.2) is 101 Å². The van der Waals surface area contributed by atoms with E-state index in [4.69, 9.17) is 0 Å². The summed E-state index contributed by atoms with van der Waals surface area (Å²) < 4.78 is 54.2. The van der Waals surface area contributed by atoms with Crippen molar-refractivity contribution >= 4 is 30.1 Å². The van der Waals surface area contributed by atoms with Crippen molar-refractivity contribution in [1.29, 1.82) is 0 Å². The number of alkyl halides is 3. The molecule has 0 spiro atoms. The van der Waals surface area contributed by atoms with Crippen LogP contribution in [0.2, 0.25) is 0 Å². The summed E-state index contributed by atoms with van der Waals surface area (Å²) in [5.41, 5.74) is 3.19. The summed E-state index contributed by atoms with van der Waals surface area (Å²) in [5, 5.41) is 7.12. The first-order valence-electron chi connectivity index (χ1n) is 15.5. The number of thioether (sulfide) groups is 1. The number of carbonyl (C=O) groups is 1. The first-order valence-corrected chi connectivity index (χ1v) is 16.5. The average molecular weight is 729 g/mol. The molecule has 3 aromatic carbocycles. The standard InChI is InChI=1S/C36H36F4N6O2S.ClH/c1-24(29-18-41-42-19-29)32-21-46(35(43-34(32)48)49-23-26-6-14-31(37)15-7-26)22-33(47)45(17-16-44(2)3)20-25-4-8-27(9-5-25)28-10-12-30(13-11-28)36(38,39)40;/h4-15,18-19,21,24H,16-17,20,22-23H2,1-3H3,(H,41,42);1H. The molecule has 264 valence electrons. The van der Waals surface area contributed by atoms with Gasteiger partial charge in [-0.05, 0) is 66.2 Å². The van der Waals surface area contributed by atoms with Crippen LogP contribution in [-0.4, -0.2) is 62.6 Å². The number of carbonyl (C=O) groups excluding carboxylic acids is 1. The van der Waals surface area contributed by atoms with Crippen LogP contribution in [0.25, 0.3) is 11.1 Å². The van der Waals surface area contributed by atoms with E-state index in [1.54, 1.807) is 40.2 Å². The Balaban J connectivity index is 0.00000562. The molecule has 14 heteroatoms. The zero-order valence-corrected chi connectivity index (χ0v) is 29.3. The molecule has 0 saturated heterocycles. The minimum atomic E-state index is -4.40. The number of likely N-dealkylation sites (N-methyl/N-ethyl adjacent to an activating group) is 1. The maximum Gasteiger partial charge on any atom is 0.416 e. The predicted octanol–water partition coefficient (Wildman–Crippen LogP) is 7.25. The lowest BCUT2D eigenvalue weighted by Gasteiger charge is -2.26. The second-order valence-corrected chi connectivity index (χ2v) is 12.9. The van der Waals surface area contributed by atoms with E-state index in [0.29, 0.717) is 41.7 Å². The van der Waals surface area contributed by atoms with Gasteiger partial charge in [0, 0.05) is 49.3 Å². The van der Waals surface area contributed by atoms with Crippen molar-refractivity contribution in [2.24, 2.45) is 0 Å². The second-order valence-electron chi connectivity index (χ2n) is 12.0. The van der Waals surface area contributed by atoms with Crippen LogP contribution in [-0.2, 0) is 29.8 Å². The summed E-state index contributed by atoms with van der Waals surface area (Å²) in [6.45, 7) is 3.12. The summed E-state index contributed by atoms with van der Waals surface area (Å²) in [7, 11) is 3.84. The summed E-state index contributed by atoms with van der Waals surface area (Å²) in [5.74, 6) is -0.458. The van der Waals surface area contributed by atoms with Gasteiger partial charge in [-0.15, -0.1) is 12.4 Å². The van der Waals surface area contributed by atoms with Gasteiger partial charge < -0.3 is 14.4 Å². The van der Waals surface area contributed by atoms with Gasteiger partial charge in [0.25, 0.3) is 5.56 Å². The monoisotopic (exact) mass is 728 g/mol. The molecule has 1 N–H and O–H groups in total. The van der Waals surface area contributed by atoms with Crippen LogP contribution in [0.4, 0.5) is 17.6 Å². The average Bonchev–Trinajstić information content (AvgIpc) is 3.62. The van der Waals surface area contributed by atoms with Crippen molar-refractivity contribution < 1.29 is 22.4 Å². The molecule has 0 fully saturated rings. The van der Waals surface area contributed by atoms with Gasteiger partial charge in [0.05, 0.1) is 11.8 Å². The van der Waals surface area contributed by atoms with Gasteiger partial charge in [0.2, 0.25) is 5.91 Å². The maximum atomic E-state index is 14.0.